The number of aryl methyl sites for hydroxylation is 1. The molecule has 0 unspecified atom stereocenters. The summed E-state index contributed by atoms with van der Waals surface area (Å²) < 4.78 is 15.3. The molecule has 0 saturated carbocycles. The molecule has 0 fully saturated rings. The quantitative estimate of drug-likeness (QED) is 0.707. The number of carboxylic acid groups (broad SMARTS) is 1. The number of benzene rings is 1. The van der Waals surface area contributed by atoms with Gasteiger partial charge in [0.1, 0.15) is 12.1 Å². The molecule has 0 spiro atoms. The van der Waals surface area contributed by atoms with Crippen molar-refractivity contribution >= 4 is 17.3 Å². The minimum Gasteiger partial charge on any atom is -0.478 e. The number of hydrogen-bond donors (Lipinski definition) is 3. The van der Waals surface area contributed by atoms with Crippen LogP contribution in [0.15, 0.2) is 18.5 Å². The molecule has 0 radical (unpaired) electrons. The molecule has 0 bridgehead atoms. The lowest BCUT2D eigenvalue weighted by atomic mass is 10.1. The summed E-state index contributed by atoms with van der Waals surface area (Å²) in [6.45, 7) is 0.219. The van der Waals surface area contributed by atoms with Crippen molar-refractivity contribution in [2.24, 2.45) is 7.05 Å². The Morgan fingerprint density at radius 1 is 1.58 bits per heavy atom. The standard InChI is InChI=1S/C11H12FN5O2/c1-17-5-15-16-10(17)4-14-9-2-6(11(18)19)8(13)3-7(9)12/h2-3,5,14H,4,13H2,1H3,(H,18,19). The molecular formula is C11H12FN5O2. The van der Waals surface area contributed by atoms with E-state index in [1.54, 1.807) is 11.6 Å². The number of carbonyl (C=O) groups is 1. The average molecular weight is 265 g/mol. The number of anilines is 2. The van der Waals surface area contributed by atoms with Gasteiger partial charge in [-0.15, -0.1) is 10.2 Å². The van der Waals surface area contributed by atoms with E-state index in [1.165, 1.54) is 6.33 Å². The van der Waals surface area contributed by atoms with Crippen LogP contribution in [0.25, 0.3) is 0 Å². The summed E-state index contributed by atoms with van der Waals surface area (Å²) in [5.74, 6) is -1.24. The molecule has 1 aromatic heterocycles. The van der Waals surface area contributed by atoms with Crippen molar-refractivity contribution in [3.63, 3.8) is 0 Å². The van der Waals surface area contributed by atoms with Crippen molar-refractivity contribution in [2.75, 3.05) is 11.1 Å². The van der Waals surface area contributed by atoms with Crippen LogP contribution in [0.5, 0.6) is 0 Å². The summed E-state index contributed by atoms with van der Waals surface area (Å²) in [6.07, 6.45) is 1.51. The minimum absolute atomic E-state index is 0.0506. The van der Waals surface area contributed by atoms with Gasteiger partial charge in [-0.2, -0.15) is 0 Å². The number of aromatic carboxylic acids is 1. The number of nitrogens with zero attached hydrogens (tertiary/aromatic N) is 3. The van der Waals surface area contributed by atoms with Crippen LogP contribution in [0.1, 0.15) is 16.2 Å². The number of nitrogens with one attached hydrogen (secondary N) is 1. The topological polar surface area (TPSA) is 106 Å². The SMILES string of the molecule is Cn1cnnc1CNc1cc(C(=O)O)c(N)cc1F. The minimum atomic E-state index is -1.21. The number of carboxylic acids is 1. The zero-order valence-corrected chi connectivity index (χ0v) is 10.1. The number of aromatic nitrogens is 3. The molecule has 0 aliphatic rings. The molecule has 0 amide bonds. The Balaban J connectivity index is 2.23. The van der Waals surface area contributed by atoms with E-state index in [9.17, 15) is 9.18 Å². The Morgan fingerprint density at radius 2 is 2.32 bits per heavy atom. The summed E-state index contributed by atoms with van der Waals surface area (Å²) in [6, 6.07) is 2.13. The molecule has 0 aliphatic heterocycles. The molecule has 0 saturated heterocycles. The normalized spacial score (nSPS) is 10.4. The maximum atomic E-state index is 13.6. The average Bonchev–Trinajstić information content (AvgIpc) is 2.73. The van der Waals surface area contributed by atoms with E-state index < -0.39 is 11.8 Å². The first-order chi connectivity index (χ1) is 8.99. The van der Waals surface area contributed by atoms with E-state index in [4.69, 9.17) is 10.8 Å². The summed E-state index contributed by atoms with van der Waals surface area (Å²) >= 11 is 0. The van der Waals surface area contributed by atoms with Gasteiger partial charge in [-0.05, 0) is 12.1 Å². The van der Waals surface area contributed by atoms with Gasteiger partial charge in [0.25, 0.3) is 0 Å². The van der Waals surface area contributed by atoms with Gasteiger partial charge in [-0.25, -0.2) is 9.18 Å². The third kappa shape index (κ3) is 2.62. The second-order valence-electron chi connectivity index (χ2n) is 3.94. The molecule has 0 aliphatic carbocycles. The van der Waals surface area contributed by atoms with Gasteiger partial charge in [-0.1, -0.05) is 0 Å². The van der Waals surface area contributed by atoms with Crippen molar-refractivity contribution in [1.29, 1.82) is 0 Å². The van der Waals surface area contributed by atoms with Crippen LogP contribution in [0.2, 0.25) is 0 Å². The van der Waals surface area contributed by atoms with Gasteiger partial charge in [0.05, 0.1) is 17.8 Å². The van der Waals surface area contributed by atoms with Crippen LogP contribution in [0.4, 0.5) is 15.8 Å². The Labute approximate surface area is 107 Å². The zero-order chi connectivity index (χ0) is 14.0. The molecule has 0 atom stereocenters. The van der Waals surface area contributed by atoms with Crippen LogP contribution in [-0.4, -0.2) is 25.8 Å². The molecule has 2 aromatic rings. The van der Waals surface area contributed by atoms with E-state index in [1.807, 2.05) is 0 Å². The van der Waals surface area contributed by atoms with Gasteiger partial charge < -0.3 is 20.7 Å². The molecule has 2 rings (SSSR count). The lowest BCUT2D eigenvalue weighted by Crippen LogP contribution is -2.09. The van der Waals surface area contributed by atoms with Crippen LogP contribution >= 0.6 is 0 Å². The van der Waals surface area contributed by atoms with Gasteiger partial charge in [0, 0.05) is 12.7 Å². The molecule has 100 valence electrons. The predicted octanol–water partition coefficient (Wildman–Crippen LogP) is 0.847. The third-order valence-corrected chi connectivity index (χ3v) is 2.61. The highest BCUT2D eigenvalue weighted by Crippen LogP contribution is 2.22. The Morgan fingerprint density at radius 3 is 2.89 bits per heavy atom. The first kappa shape index (κ1) is 12.8. The van der Waals surface area contributed by atoms with Gasteiger partial charge in [-0.3, -0.25) is 0 Å². The van der Waals surface area contributed by atoms with E-state index in [0.717, 1.165) is 12.1 Å². The van der Waals surface area contributed by atoms with Crippen molar-refractivity contribution in [3.05, 3.63) is 35.7 Å². The van der Waals surface area contributed by atoms with Crippen LogP contribution in [0.3, 0.4) is 0 Å². The van der Waals surface area contributed by atoms with Crippen molar-refractivity contribution in [3.8, 4) is 0 Å². The Hall–Kier alpha value is -2.64. The highest BCUT2D eigenvalue weighted by Gasteiger charge is 2.13. The largest absolute Gasteiger partial charge is 0.478 e. The fourth-order valence-corrected chi connectivity index (χ4v) is 1.55. The summed E-state index contributed by atoms with van der Waals surface area (Å²) in [7, 11) is 1.75. The summed E-state index contributed by atoms with van der Waals surface area (Å²) in [5, 5.41) is 19.2. The van der Waals surface area contributed by atoms with Gasteiger partial charge in [0.15, 0.2) is 5.82 Å². The second-order valence-corrected chi connectivity index (χ2v) is 3.94. The molecule has 1 heterocycles. The Bertz CT molecular complexity index is 626. The lowest BCUT2D eigenvalue weighted by molar-refractivity contribution is 0.0698. The molecule has 4 N–H and O–H groups in total. The smallest absolute Gasteiger partial charge is 0.337 e. The van der Waals surface area contributed by atoms with Crippen molar-refractivity contribution < 1.29 is 14.3 Å². The number of rotatable bonds is 4. The van der Waals surface area contributed by atoms with Crippen molar-refractivity contribution in [2.45, 2.75) is 6.54 Å². The Kier molecular flexibility index (Phi) is 3.32. The van der Waals surface area contributed by atoms with Crippen LogP contribution in [-0.2, 0) is 13.6 Å². The maximum Gasteiger partial charge on any atom is 0.337 e. The number of halogens is 1. The second kappa shape index (κ2) is 4.92. The molecule has 1 aromatic carbocycles. The maximum absolute atomic E-state index is 13.6. The fraction of sp³-hybridized carbons (Fsp3) is 0.182. The molecule has 7 nitrogen and oxygen atoms in total. The van der Waals surface area contributed by atoms with E-state index in [-0.39, 0.29) is 23.5 Å². The van der Waals surface area contributed by atoms with Crippen LogP contribution in [0, 0.1) is 5.82 Å². The highest BCUT2D eigenvalue weighted by molar-refractivity contribution is 5.94. The van der Waals surface area contributed by atoms with E-state index in [2.05, 4.69) is 15.5 Å². The van der Waals surface area contributed by atoms with E-state index >= 15 is 0 Å². The zero-order valence-electron chi connectivity index (χ0n) is 10.1. The predicted molar refractivity (Wildman–Crippen MR) is 66.1 cm³/mol. The summed E-state index contributed by atoms with van der Waals surface area (Å²) in [5.41, 5.74) is 5.21. The molecule has 19 heavy (non-hydrogen) atoms. The summed E-state index contributed by atoms with van der Waals surface area (Å²) in [4.78, 5) is 10.9. The monoisotopic (exact) mass is 265 g/mol. The molecule has 8 heteroatoms. The van der Waals surface area contributed by atoms with Crippen molar-refractivity contribution in [1.82, 2.24) is 14.8 Å². The first-order valence-corrected chi connectivity index (χ1v) is 5.38. The lowest BCUT2D eigenvalue weighted by Gasteiger charge is -2.09. The highest BCUT2D eigenvalue weighted by atomic mass is 19.1. The van der Waals surface area contributed by atoms with E-state index in [0.29, 0.717) is 5.82 Å². The number of hydrogen-bond acceptors (Lipinski definition) is 5. The van der Waals surface area contributed by atoms with Crippen LogP contribution < -0.4 is 11.1 Å². The fourth-order valence-electron chi connectivity index (χ4n) is 1.55. The number of nitrogen functional groups attached to an aromatic ring is 1. The number of nitrogens with two attached hydrogens (primary N) is 1. The third-order valence-electron chi connectivity index (χ3n) is 2.61. The first-order valence-electron chi connectivity index (χ1n) is 5.38. The molecular weight excluding hydrogens is 253 g/mol. The van der Waals surface area contributed by atoms with Gasteiger partial charge >= 0.3 is 5.97 Å². The van der Waals surface area contributed by atoms with Gasteiger partial charge in [0.2, 0.25) is 0 Å².